The zero-order valence-electron chi connectivity index (χ0n) is 15.5. The third-order valence-electron chi connectivity index (χ3n) is 3.87. The van der Waals surface area contributed by atoms with Gasteiger partial charge in [0.2, 0.25) is 8.03 Å². The van der Waals surface area contributed by atoms with Crippen LogP contribution in [0.1, 0.15) is 31.4 Å². The maximum Gasteiger partial charge on any atom is 0.416 e. The Morgan fingerprint density at radius 2 is 1.86 bits per heavy atom. The van der Waals surface area contributed by atoms with Crippen LogP contribution < -0.4 is 10.0 Å². The Kier molecular flexibility index (Phi) is 7.68. The first-order valence-electron chi connectivity index (χ1n) is 8.61. The summed E-state index contributed by atoms with van der Waals surface area (Å²) < 4.78 is 61.5. The fourth-order valence-corrected chi connectivity index (χ4v) is 3.83. The van der Waals surface area contributed by atoms with Crippen molar-refractivity contribution in [3.8, 4) is 11.5 Å². The Morgan fingerprint density at radius 1 is 1.17 bits per heavy atom. The molecule has 11 heteroatoms. The first kappa shape index (κ1) is 23.2. The standard InChI is InChI=1S/C18H18ClF3NO5P/c1-3-5-11-8-14(23(24)25)17(29(26)27-4-2)10-16(11)28-15-7-6-12(9-13(15)19)18(20,21)22/h6-10,29H,3-5H2,1-2H3. The summed E-state index contributed by atoms with van der Waals surface area (Å²) >= 11 is 5.94. The fourth-order valence-electron chi connectivity index (χ4n) is 2.57. The van der Waals surface area contributed by atoms with Crippen LogP contribution in [0.25, 0.3) is 0 Å². The molecule has 1 unspecified atom stereocenters. The molecule has 0 aliphatic heterocycles. The van der Waals surface area contributed by atoms with Crippen LogP contribution in [0.5, 0.6) is 11.5 Å². The van der Waals surface area contributed by atoms with E-state index in [2.05, 4.69) is 0 Å². The van der Waals surface area contributed by atoms with Crippen molar-refractivity contribution in [1.29, 1.82) is 0 Å². The third kappa shape index (κ3) is 5.72. The van der Waals surface area contributed by atoms with E-state index in [1.807, 2.05) is 6.92 Å². The molecule has 0 saturated carbocycles. The van der Waals surface area contributed by atoms with Crippen LogP contribution in [0.2, 0.25) is 5.02 Å². The molecule has 2 aromatic carbocycles. The van der Waals surface area contributed by atoms with Gasteiger partial charge >= 0.3 is 6.18 Å². The van der Waals surface area contributed by atoms with Gasteiger partial charge in [0.25, 0.3) is 5.69 Å². The number of hydrogen-bond acceptors (Lipinski definition) is 5. The molecule has 0 aliphatic rings. The summed E-state index contributed by atoms with van der Waals surface area (Å²) in [5, 5.41) is 11.0. The molecule has 2 rings (SSSR count). The number of aryl methyl sites for hydroxylation is 1. The number of nitro groups is 1. The number of nitro benzene ring substituents is 1. The van der Waals surface area contributed by atoms with Crippen molar-refractivity contribution in [2.75, 3.05) is 6.61 Å². The first-order valence-corrected chi connectivity index (χ1v) is 10.3. The largest absolute Gasteiger partial charge is 0.455 e. The average Bonchev–Trinajstić information content (AvgIpc) is 2.63. The molecule has 0 aromatic heterocycles. The normalized spacial score (nSPS) is 12.6. The van der Waals surface area contributed by atoms with Gasteiger partial charge in [-0.3, -0.25) is 14.7 Å². The minimum Gasteiger partial charge on any atom is -0.455 e. The van der Waals surface area contributed by atoms with E-state index < -0.39 is 24.7 Å². The summed E-state index contributed by atoms with van der Waals surface area (Å²) in [5.74, 6) is 0.0556. The summed E-state index contributed by atoms with van der Waals surface area (Å²) in [6, 6.07) is 5.08. The lowest BCUT2D eigenvalue weighted by molar-refractivity contribution is -0.383. The Balaban J connectivity index is 2.54. The predicted octanol–water partition coefficient (Wildman–Crippen LogP) is 6.15. The summed E-state index contributed by atoms with van der Waals surface area (Å²) in [4.78, 5) is 10.7. The maximum absolute atomic E-state index is 12.8. The summed E-state index contributed by atoms with van der Waals surface area (Å²) in [5.41, 5.74) is -0.865. The number of halogens is 4. The molecular formula is C18H18ClF3NO5P. The Hall–Kier alpha value is -2.09. The molecule has 0 N–H and O–H groups in total. The van der Waals surface area contributed by atoms with E-state index >= 15 is 0 Å². The van der Waals surface area contributed by atoms with Crippen LogP contribution in [0.15, 0.2) is 30.3 Å². The van der Waals surface area contributed by atoms with Gasteiger partial charge in [-0.15, -0.1) is 0 Å². The minimum atomic E-state index is -4.56. The van der Waals surface area contributed by atoms with E-state index in [4.69, 9.17) is 20.9 Å². The number of nitrogens with zero attached hydrogens (tertiary/aromatic N) is 1. The predicted molar refractivity (Wildman–Crippen MR) is 104 cm³/mol. The molecule has 0 aliphatic carbocycles. The van der Waals surface area contributed by atoms with Crippen molar-refractivity contribution < 1.29 is 31.9 Å². The smallest absolute Gasteiger partial charge is 0.416 e. The zero-order chi connectivity index (χ0) is 21.8. The molecule has 0 heterocycles. The van der Waals surface area contributed by atoms with Crippen molar-refractivity contribution in [3.05, 3.63) is 56.6 Å². The van der Waals surface area contributed by atoms with Crippen LogP contribution in [0.3, 0.4) is 0 Å². The van der Waals surface area contributed by atoms with Crippen molar-refractivity contribution in [3.63, 3.8) is 0 Å². The van der Waals surface area contributed by atoms with E-state index in [0.717, 1.165) is 18.2 Å². The van der Waals surface area contributed by atoms with Crippen LogP contribution in [0.4, 0.5) is 18.9 Å². The zero-order valence-corrected chi connectivity index (χ0v) is 17.3. The monoisotopic (exact) mass is 451 g/mol. The molecule has 0 saturated heterocycles. The van der Waals surface area contributed by atoms with Gasteiger partial charge in [0, 0.05) is 17.7 Å². The topological polar surface area (TPSA) is 78.7 Å². The lowest BCUT2D eigenvalue weighted by atomic mass is 10.1. The van der Waals surface area contributed by atoms with Gasteiger partial charge < -0.3 is 9.26 Å². The van der Waals surface area contributed by atoms with Crippen molar-refractivity contribution in [1.82, 2.24) is 0 Å². The second-order valence-electron chi connectivity index (χ2n) is 5.95. The van der Waals surface area contributed by atoms with Gasteiger partial charge in [0.1, 0.15) is 16.8 Å². The molecule has 1 atom stereocenters. The molecule has 0 bridgehead atoms. The Morgan fingerprint density at radius 3 is 2.38 bits per heavy atom. The number of ether oxygens (including phenoxy) is 1. The van der Waals surface area contributed by atoms with Gasteiger partial charge in [0.05, 0.1) is 22.1 Å². The van der Waals surface area contributed by atoms with E-state index in [1.54, 1.807) is 6.92 Å². The molecule has 0 spiro atoms. The van der Waals surface area contributed by atoms with E-state index in [-0.39, 0.29) is 34.1 Å². The molecule has 6 nitrogen and oxygen atoms in total. The lowest BCUT2D eigenvalue weighted by Gasteiger charge is -2.15. The van der Waals surface area contributed by atoms with Crippen LogP contribution in [-0.2, 0) is 21.7 Å². The maximum atomic E-state index is 12.8. The number of rotatable bonds is 8. The van der Waals surface area contributed by atoms with Crippen LogP contribution in [-0.4, -0.2) is 11.5 Å². The Bertz CT molecular complexity index is 936. The molecule has 0 fully saturated rings. The summed E-state index contributed by atoms with van der Waals surface area (Å²) in [6.45, 7) is 3.53. The van der Waals surface area contributed by atoms with E-state index in [1.165, 1.54) is 12.1 Å². The quantitative estimate of drug-likeness (QED) is 0.273. The van der Waals surface area contributed by atoms with Gasteiger partial charge in [-0.25, -0.2) is 0 Å². The van der Waals surface area contributed by atoms with E-state index in [9.17, 15) is 27.9 Å². The van der Waals surface area contributed by atoms with Crippen molar-refractivity contribution in [2.45, 2.75) is 32.9 Å². The highest BCUT2D eigenvalue weighted by Gasteiger charge is 2.31. The van der Waals surface area contributed by atoms with Gasteiger partial charge in [-0.2, -0.15) is 13.2 Å². The Labute approximate surface area is 170 Å². The van der Waals surface area contributed by atoms with Gasteiger partial charge in [-0.05, 0) is 31.5 Å². The summed E-state index contributed by atoms with van der Waals surface area (Å²) in [7, 11) is -2.93. The van der Waals surface area contributed by atoms with E-state index in [0.29, 0.717) is 18.4 Å². The second kappa shape index (κ2) is 9.61. The second-order valence-corrected chi connectivity index (χ2v) is 7.76. The highest BCUT2D eigenvalue weighted by atomic mass is 35.5. The van der Waals surface area contributed by atoms with Crippen LogP contribution >= 0.6 is 19.6 Å². The minimum absolute atomic E-state index is 0.0621. The number of hydrogen-bond donors (Lipinski definition) is 0. The highest BCUT2D eigenvalue weighted by Crippen LogP contribution is 2.39. The molecular weight excluding hydrogens is 434 g/mol. The molecule has 0 radical (unpaired) electrons. The molecule has 158 valence electrons. The number of alkyl halides is 3. The van der Waals surface area contributed by atoms with Gasteiger partial charge in [-0.1, -0.05) is 24.9 Å². The SMILES string of the molecule is CCCc1cc([N+](=O)[O-])c([PH](=O)OCC)cc1Oc1ccc(C(F)(F)F)cc1Cl. The molecule has 2 aromatic rings. The third-order valence-corrected chi connectivity index (χ3v) is 5.56. The van der Waals surface area contributed by atoms with Crippen molar-refractivity contribution >= 4 is 30.6 Å². The fraction of sp³-hybridized carbons (Fsp3) is 0.333. The number of benzene rings is 2. The van der Waals surface area contributed by atoms with Gasteiger partial charge in [0.15, 0.2) is 0 Å². The average molecular weight is 452 g/mol. The highest BCUT2D eigenvalue weighted by molar-refractivity contribution is 7.48. The van der Waals surface area contributed by atoms with Crippen LogP contribution in [0, 0.1) is 10.1 Å². The molecule has 0 amide bonds. The molecule has 29 heavy (non-hydrogen) atoms. The van der Waals surface area contributed by atoms with Crippen molar-refractivity contribution in [2.24, 2.45) is 0 Å². The first-order chi connectivity index (χ1) is 13.6. The summed E-state index contributed by atoms with van der Waals surface area (Å²) in [6.07, 6.45) is -3.55. The lowest BCUT2D eigenvalue weighted by Crippen LogP contribution is -2.09.